The number of phenols is 1. The van der Waals surface area contributed by atoms with Gasteiger partial charge in [0.2, 0.25) is 21.8 Å². The fourth-order valence-electron chi connectivity index (χ4n) is 4.19. The van der Waals surface area contributed by atoms with Gasteiger partial charge in [-0.3, -0.25) is 9.59 Å². The largest absolute Gasteiger partial charge is 0.507 e. The van der Waals surface area contributed by atoms with Crippen LogP contribution in [0.5, 0.6) is 5.75 Å². The first-order valence-electron chi connectivity index (χ1n) is 10.4. The standard InChI is InChI=1S/C22H23F2N3O5S/c1-14-2-3-19(28)20(8-14)33(31,32)26-6-4-25(5-7-26)22(30)15-9-21(29)27(13-15)18-11-16(23)10-17(24)12-18/h2-3,8,10-12,15,28H,4-7,9,13H2,1H3. The third kappa shape index (κ3) is 4.55. The van der Waals surface area contributed by atoms with E-state index in [0.29, 0.717) is 11.6 Å². The fourth-order valence-corrected chi connectivity index (χ4v) is 5.78. The van der Waals surface area contributed by atoms with Gasteiger partial charge in [0, 0.05) is 50.9 Å². The molecule has 2 aromatic carbocycles. The normalized spacial score (nSPS) is 19.8. The average molecular weight is 480 g/mol. The number of carbonyl (C=O) groups excluding carboxylic acids is 2. The lowest BCUT2D eigenvalue weighted by atomic mass is 10.1. The Morgan fingerprint density at radius 1 is 1.03 bits per heavy atom. The summed E-state index contributed by atoms with van der Waals surface area (Å²) in [7, 11) is -3.93. The predicted octanol–water partition coefficient (Wildman–Crippen LogP) is 1.86. The number of amides is 2. The van der Waals surface area contributed by atoms with Crippen molar-refractivity contribution in [3.05, 3.63) is 53.6 Å². The fraction of sp³-hybridized carbons (Fsp3) is 0.364. The molecule has 33 heavy (non-hydrogen) atoms. The summed E-state index contributed by atoms with van der Waals surface area (Å²) in [6.45, 7) is 2.06. The van der Waals surface area contributed by atoms with Gasteiger partial charge in [0.25, 0.3) is 0 Å². The van der Waals surface area contributed by atoms with Crippen molar-refractivity contribution in [3.8, 4) is 5.75 Å². The summed E-state index contributed by atoms with van der Waals surface area (Å²) in [6.07, 6.45) is -0.0906. The summed E-state index contributed by atoms with van der Waals surface area (Å²) in [4.78, 5) is 27.9. The van der Waals surface area contributed by atoms with Gasteiger partial charge in [-0.1, -0.05) is 6.07 Å². The topological polar surface area (TPSA) is 98.2 Å². The number of hydrogen-bond acceptors (Lipinski definition) is 5. The Bertz CT molecular complexity index is 1190. The predicted molar refractivity (Wildman–Crippen MR) is 115 cm³/mol. The van der Waals surface area contributed by atoms with Crippen molar-refractivity contribution in [2.45, 2.75) is 18.2 Å². The van der Waals surface area contributed by atoms with Crippen molar-refractivity contribution in [2.75, 3.05) is 37.6 Å². The van der Waals surface area contributed by atoms with Gasteiger partial charge in [0.1, 0.15) is 22.3 Å². The first-order valence-corrected chi connectivity index (χ1v) is 11.9. The zero-order valence-electron chi connectivity index (χ0n) is 17.9. The molecule has 2 fully saturated rings. The summed E-state index contributed by atoms with van der Waals surface area (Å²) in [5.74, 6) is -3.37. The number of halogens is 2. The molecule has 2 aromatic rings. The number of aromatic hydroxyl groups is 1. The number of carbonyl (C=O) groups is 2. The van der Waals surface area contributed by atoms with E-state index >= 15 is 0 Å². The van der Waals surface area contributed by atoms with Gasteiger partial charge in [-0.2, -0.15) is 4.31 Å². The van der Waals surface area contributed by atoms with Gasteiger partial charge in [0.15, 0.2) is 0 Å². The molecule has 2 amide bonds. The highest BCUT2D eigenvalue weighted by Gasteiger charge is 2.39. The zero-order valence-corrected chi connectivity index (χ0v) is 18.7. The molecule has 2 aliphatic heterocycles. The molecule has 0 aromatic heterocycles. The smallest absolute Gasteiger partial charge is 0.246 e. The van der Waals surface area contributed by atoms with Gasteiger partial charge in [-0.15, -0.1) is 0 Å². The summed E-state index contributed by atoms with van der Waals surface area (Å²) in [6, 6.07) is 7.12. The third-order valence-corrected chi connectivity index (χ3v) is 7.84. The van der Waals surface area contributed by atoms with Crippen LogP contribution in [-0.4, -0.2) is 67.3 Å². The number of piperazine rings is 1. The van der Waals surface area contributed by atoms with Crippen molar-refractivity contribution in [2.24, 2.45) is 5.92 Å². The summed E-state index contributed by atoms with van der Waals surface area (Å²) >= 11 is 0. The van der Waals surface area contributed by atoms with Crippen LogP contribution in [0.3, 0.4) is 0 Å². The Balaban J connectivity index is 1.41. The van der Waals surface area contributed by atoms with Gasteiger partial charge in [-0.25, -0.2) is 17.2 Å². The molecule has 2 heterocycles. The summed E-state index contributed by atoms with van der Waals surface area (Å²) in [5.41, 5.74) is 0.746. The van der Waals surface area contributed by atoms with E-state index in [-0.39, 0.29) is 61.4 Å². The van der Waals surface area contributed by atoms with Crippen LogP contribution in [0.2, 0.25) is 0 Å². The number of rotatable bonds is 4. The van der Waals surface area contributed by atoms with E-state index in [4.69, 9.17) is 0 Å². The Kier molecular flexibility index (Phi) is 6.10. The Morgan fingerprint density at radius 2 is 1.67 bits per heavy atom. The number of hydrogen-bond donors (Lipinski definition) is 1. The van der Waals surface area contributed by atoms with E-state index in [1.165, 1.54) is 26.2 Å². The summed E-state index contributed by atoms with van der Waals surface area (Å²) < 4.78 is 54.2. The highest BCUT2D eigenvalue weighted by Crippen LogP contribution is 2.30. The summed E-state index contributed by atoms with van der Waals surface area (Å²) in [5, 5.41) is 10.0. The lowest BCUT2D eigenvalue weighted by Gasteiger charge is -2.35. The molecule has 2 saturated heterocycles. The van der Waals surface area contributed by atoms with Crippen molar-refractivity contribution >= 4 is 27.5 Å². The van der Waals surface area contributed by atoms with Crippen LogP contribution in [0.4, 0.5) is 14.5 Å². The van der Waals surface area contributed by atoms with E-state index in [1.54, 1.807) is 13.0 Å². The molecule has 2 aliphatic rings. The average Bonchev–Trinajstić information content (AvgIpc) is 3.16. The van der Waals surface area contributed by atoms with Gasteiger partial charge < -0.3 is 14.9 Å². The van der Waals surface area contributed by atoms with Crippen LogP contribution < -0.4 is 4.90 Å². The second-order valence-electron chi connectivity index (χ2n) is 8.23. The number of benzene rings is 2. The second-order valence-corrected chi connectivity index (χ2v) is 10.1. The first kappa shape index (κ1) is 23.1. The molecule has 11 heteroatoms. The zero-order chi connectivity index (χ0) is 23.9. The maximum absolute atomic E-state index is 13.5. The monoisotopic (exact) mass is 479 g/mol. The number of sulfonamides is 1. The van der Waals surface area contributed by atoms with E-state index in [0.717, 1.165) is 12.1 Å². The van der Waals surface area contributed by atoms with E-state index < -0.39 is 33.5 Å². The lowest BCUT2D eigenvalue weighted by Crippen LogP contribution is -2.52. The van der Waals surface area contributed by atoms with Crippen LogP contribution in [0.1, 0.15) is 12.0 Å². The second kappa shape index (κ2) is 8.71. The molecular weight excluding hydrogens is 456 g/mol. The number of phenolic OH excluding ortho intramolecular Hbond substituents is 1. The van der Waals surface area contributed by atoms with Crippen LogP contribution >= 0.6 is 0 Å². The molecule has 0 saturated carbocycles. The van der Waals surface area contributed by atoms with Crippen LogP contribution in [0.25, 0.3) is 0 Å². The SMILES string of the molecule is Cc1ccc(O)c(S(=O)(=O)N2CCN(C(=O)C3CC(=O)N(c4cc(F)cc(F)c4)C3)CC2)c1. The molecule has 0 radical (unpaired) electrons. The Labute approximate surface area is 190 Å². The highest BCUT2D eigenvalue weighted by molar-refractivity contribution is 7.89. The van der Waals surface area contributed by atoms with Gasteiger partial charge in [-0.05, 0) is 36.8 Å². The van der Waals surface area contributed by atoms with Crippen LogP contribution in [0, 0.1) is 24.5 Å². The highest BCUT2D eigenvalue weighted by atomic mass is 32.2. The molecule has 176 valence electrons. The van der Waals surface area contributed by atoms with Gasteiger partial charge >= 0.3 is 0 Å². The molecule has 0 aliphatic carbocycles. The first-order chi connectivity index (χ1) is 15.6. The Hall–Kier alpha value is -3.05. The third-order valence-electron chi connectivity index (χ3n) is 5.92. The lowest BCUT2D eigenvalue weighted by molar-refractivity contribution is -0.136. The van der Waals surface area contributed by atoms with Crippen LogP contribution in [0.15, 0.2) is 41.3 Å². The van der Waals surface area contributed by atoms with Gasteiger partial charge in [0.05, 0.1) is 5.92 Å². The van der Waals surface area contributed by atoms with Crippen molar-refractivity contribution in [3.63, 3.8) is 0 Å². The molecule has 0 spiro atoms. The number of nitrogens with zero attached hydrogens (tertiary/aromatic N) is 3. The molecule has 1 N–H and O–H groups in total. The van der Waals surface area contributed by atoms with Crippen molar-refractivity contribution in [1.82, 2.24) is 9.21 Å². The Morgan fingerprint density at radius 3 is 2.30 bits per heavy atom. The maximum Gasteiger partial charge on any atom is 0.246 e. The van der Waals surface area contributed by atoms with Crippen molar-refractivity contribution in [1.29, 1.82) is 0 Å². The molecule has 1 atom stereocenters. The van der Waals surface area contributed by atoms with Crippen molar-refractivity contribution < 1.29 is 31.9 Å². The number of anilines is 1. The minimum Gasteiger partial charge on any atom is -0.507 e. The van der Waals surface area contributed by atoms with E-state index in [2.05, 4.69) is 0 Å². The quantitative estimate of drug-likeness (QED) is 0.722. The molecule has 1 unspecified atom stereocenters. The molecule has 8 nitrogen and oxygen atoms in total. The maximum atomic E-state index is 13.5. The molecule has 0 bridgehead atoms. The number of aryl methyl sites for hydroxylation is 1. The minimum absolute atomic E-state index is 0.00373. The van der Waals surface area contributed by atoms with E-state index in [1.807, 2.05) is 0 Å². The van der Waals surface area contributed by atoms with E-state index in [9.17, 15) is 31.9 Å². The van der Waals surface area contributed by atoms with Crippen LogP contribution in [-0.2, 0) is 19.6 Å². The molecule has 4 rings (SSSR count). The minimum atomic E-state index is -3.93. The molecular formula is C22H23F2N3O5S.